The van der Waals surface area contributed by atoms with Crippen molar-refractivity contribution in [1.29, 1.82) is 0 Å². The Morgan fingerprint density at radius 2 is 2.05 bits per heavy atom. The Labute approximate surface area is 117 Å². The number of hydrogen-bond donors (Lipinski definition) is 2. The third kappa shape index (κ3) is 2.47. The molecular weight excluding hydrogens is 250 g/mol. The Hall–Kier alpha value is -2.43. The van der Waals surface area contributed by atoms with Gasteiger partial charge >= 0.3 is 0 Å². The van der Waals surface area contributed by atoms with Crippen molar-refractivity contribution in [2.24, 2.45) is 0 Å². The largest absolute Gasteiger partial charge is 0.368 e. The predicted molar refractivity (Wildman–Crippen MR) is 80.5 cm³/mol. The average Bonchev–Trinajstić information content (AvgIpc) is 2.91. The summed E-state index contributed by atoms with van der Waals surface area (Å²) in [6, 6.07) is 6.07. The molecule has 0 saturated heterocycles. The number of pyridine rings is 2. The molecule has 0 atom stereocenters. The highest BCUT2D eigenvalue weighted by Gasteiger charge is 2.08. The molecule has 3 heterocycles. The van der Waals surface area contributed by atoms with Gasteiger partial charge in [-0.05, 0) is 30.2 Å². The molecule has 3 aromatic heterocycles. The van der Waals surface area contributed by atoms with Crippen molar-refractivity contribution in [3.8, 4) is 11.1 Å². The summed E-state index contributed by atoms with van der Waals surface area (Å²) in [4.78, 5) is 8.47. The zero-order valence-corrected chi connectivity index (χ0v) is 11.4. The molecule has 3 rings (SSSR count). The lowest BCUT2D eigenvalue weighted by molar-refractivity contribution is 0.830. The standard InChI is InChI=1S/C15H17N5/c1-2-3-6-17-14-13-9-12(10-18-15(13)20-19-14)11-4-7-16-8-5-11/h4-5,7-10H,2-3,6H2,1H3,(H2,17,18,19,20). The van der Waals surface area contributed by atoms with Crippen molar-refractivity contribution >= 4 is 16.9 Å². The number of nitrogens with zero attached hydrogens (tertiary/aromatic N) is 3. The Kier molecular flexibility index (Phi) is 3.58. The van der Waals surface area contributed by atoms with Gasteiger partial charge in [-0.2, -0.15) is 5.10 Å². The molecule has 0 unspecified atom stereocenters. The van der Waals surface area contributed by atoms with Crippen molar-refractivity contribution in [1.82, 2.24) is 20.2 Å². The number of nitrogens with one attached hydrogen (secondary N) is 2. The molecule has 5 heteroatoms. The summed E-state index contributed by atoms with van der Waals surface area (Å²) in [7, 11) is 0. The van der Waals surface area contributed by atoms with Crippen LogP contribution in [0.25, 0.3) is 22.2 Å². The fraction of sp³-hybridized carbons (Fsp3) is 0.267. The van der Waals surface area contributed by atoms with Crippen LogP contribution >= 0.6 is 0 Å². The summed E-state index contributed by atoms with van der Waals surface area (Å²) < 4.78 is 0. The molecule has 2 N–H and O–H groups in total. The number of H-pyrrole nitrogens is 1. The van der Waals surface area contributed by atoms with Gasteiger partial charge in [0, 0.05) is 30.7 Å². The molecule has 102 valence electrons. The smallest absolute Gasteiger partial charge is 0.157 e. The van der Waals surface area contributed by atoms with E-state index in [1.807, 2.05) is 18.3 Å². The van der Waals surface area contributed by atoms with E-state index in [0.29, 0.717) is 0 Å². The van der Waals surface area contributed by atoms with Crippen LogP contribution in [0.15, 0.2) is 36.8 Å². The van der Waals surface area contributed by atoms with Crippen LogP contribution in [0.4, 0.5) is 5.82 Å². The predicted octanol–water partition coefficient (Wildman–Crippen LogP) is 3.23. The maximum atomic E-state index is 4.43. The molecule has 0 radical (unpaired) electrons. The summed E-state index contributed by atoms with van der Waals surface area (Å²) in [6.45, 7) is 3.10. The fourth-order valence-electron chi connectivity index (χ4n) is 2.12. The van der Waals surface area contributed by atoms with Crippen LogP contribution in [0.3, 0.4) is 0 Å². The molecule has 20 heavy (non-hydrogen) atoms. The zero-order valence-electron chi connectivity index (χ0n) is 11.4. The van der Waals surface area contributed by atoms with E-state index in [0.717, 1.165) is 47.4 Å². The summed E-state index contributed by atoms with van der Waals surface area (Å²) in [5.74, 6) is 0.872. The van der Waals surface area contributed by atoms with E-state index in [1.54, 1.807) is 12.4 Å². The van der Waals surface area contributed by atoms with Crippen molar-refractivity contribution in [2.75, 3.05) is 11.9 Å². The first kappa shape index (κ1) is 12.6. The van der Waals surface area contributed by atoms with Gasteiger partial charge in [0.1, 0.15) is 0 Å². The average molecular weight is 267 g/mol. The number of anilines is 1. The van der Waals surface area contributed by atoms with Gasteiger partial charge in [0.2, 0.25) is 0 Å². The monoisotopic (exact) mass is 267 g/mol. The number of rotatable bonds is 5. The number of hydrogen-bond acceptors (Lipinski definition) is 4. The number of fused-ring (bicyclic) bond motifs is 1. The third-order valence-corrected chi connectivity index (χ3v) is 3.25. The summed E-state index contributed by atoms with van der Waals surface area (Å²) in [5, 5.41) is 11.6. The van der Waals surface area contributed by atoms with E-state index in [4.69, 9.17) is 0 Å². The normalized spacial score (nSPS) is 10.8. The van der Waals surface area contributed by atoms with Gasteiger partial charge in [-0.25, -0.2) is 4.98 Å². The number of aromatic nitrogens is 4. The van der Waals surface area contributed by atoms with Gasteiger partial charge in [-0.15, -0.1) is 0 Å². The van der Waals surface area contributed by atoms with E-state index < -0.39 is 0 Å². The third-order valence-electron chi connectivity index (χ3n) is 3.25. The highest BCUT2D eigenvalue weighted by molar-refractivity contribution is 5.90. The second-order valence-electron chi connectivity index (χ2n) is 4.71. The van der Waals surface area contributed by atoms with E-state index in [9.17, 15) is 0 Å². The molecule has 0 fully saturated rings. The topological polar surface area (TPSA) is 66.5 Å². The van der Waals surface area contributed by atoms with Gasteiger partial charge in [0.15, 0.2) is 11.5 Å². The molecular formula is C15H17N5. The van der Waals surface area contributed by atoms with Crippen LogP contribution in [0.5, 0.6) is 0 Å². The molecule has 0 bridgehead atoms. The minimum absolute atomic E-state index is 0.807. The van der Waals surface area contributed by atoms with E-state index >= 15 is 0 Å². The Morgan fingerprint density at radius 1 is 1.20 bits per heavy atom. The molecule has 0 saturated carbocycles. The lowest BCUT2D eigenvalue weighted by Crippen LogP contribution is -2.01. The molecule has 0 aliphatic carbocycles. The Balaban J connectivity index is 1.95. The Morgan fingerprint density at radius 3 is 2.85 bits per heavy atom. The van der Waals surface area contributed by atoms with Gasteiger partial charge in [0.25, 0.3) is 0 Å². The minimum atomic E-state index is 0.807. The summed E-state index contributed by atoms with van der Waals surface area (Å²) in [6.07, 6.45) is 7.72. The van der Waals surface area contributed by atoms with Gasteiger partial charge in [-0.3, -0.25) is 10.1 Å². The fourth-order valence-corrected chi connectivity index (χ4v) is 2.12. The lowest BCUT2D eigenvalue weighted by atomic mass is 10.1. The van der Waals surface area contributed by atoms with Gasteiger partial charge in [-0.1, -0.05) is 13.3 Å². The Bertz CT molecular complexity index is 690. The van der Waals surface area contributed by atoms with Gasteiger partial charge < -0.3 is 5.32 Å². The minimum Gasteiger partial charge on any atom is -0.368 e. The van der Waals surface area contributed by atoms with Crippen molar-refractivity contribution in [3.05, 3.63) is 36.8 Å². The van der Waals surface area contributed by atoms with Crippen LogP contribution in [-0.2, 0) is 0 Å². The van der Waals surface area contributed by atoms with Crippen LogP contribution in [0.1, 0.15) is 19.8 Å². The first-order chi connectivity index (χ1) is 9.88. The molecule has 0 aliphatic rings. The van der Waals surface area contributed by atoms with E-state index in [1.165, 1.54) is 0 Å². The molecule has 0 aromatic carbocycles. The lowest BCUT2D eigenvalue weighted by Gasteiger charge is -2.03. The quantitative estimate of drug-likeness (QED) is 0.696. The van der Waals surface area contributed by atoms with Crippen molar-refractivity contribution in [2.45, 2.75) is 19.8 Å². The first-order valence-electron chi connectivity index (χ1n) is 6.87. The molecule has 3 aromatic rings. The highest BCUT2D eigenvalue weighted by atomic mass is 15.2. The molecule has 0 aliphatic heterocycles. The first-order valence-corrected chi connectivity index (χ1v) is 6.87. The summed E-state index contributed by atoms with van der Waals surface area (Å²) in [5.41, 5.74) is 2.98. The summed E-state index contributed by atoms with van der Waals surface area (Å²) >= 11 is 0. The SMILES string of the molecule is CCCCNc1n[nH]c2ncc(-c3ccncc3)cc12. The second kappa shape index (κ2) is 5.69. The van der Waals surface area contributed by atoms with Crippen LogP contribution in [0, 0.1) is 0 Å². The number of aromatic amines is 1. The molecule has 5 nitrogen and oxygen atoms in total. The van der Waals surface area contributed by atoms with E-state index in [-0.39, 0.29) is 0 Å². The second-order valence-corrected chi connectivity index (χ2v) is 4.71. The van der Waals surface area contributed by atoms with Crippen LogP contribution in [-0.4, -0.2) is 26.7 Å². The van der Waals surface area contributed by atoms with E-state index in [2.05, 4.69) is 38.5 Å². The van der Waals surface area contributed by atoms with Crippen LogP contribution < -0.4 is 5.32 Å². The van der Waals surface area contributed by atoms with Crippen LogP contribution in [0.2, 0.25) is 0 Å². The molecule has 0 amide bonds. The van der Waals surface area contributed by atoms with Crippen molar-refractivity contribution < 1.29 is 0 Å². The van der Waals surface area contributed by atoms with Gasteiger partial charge in [0.05, 0.1) is 5.39 Å². The zero-order chi connectivity index (χ0) is 13.8. The van der Waals surface area contributed by atoms with Crippen molar-refractivity contribution in [3.63, 3.8) is 0 Å². The maximum absolute atomic E-state index is 4.43. The molecule has 0 spiro atoms. The maximum Gasteiger partial charge on any atom is 0.157 e. The highest BCUT2D eigenvalue weighted by Crippen LogP contribution is 2.25. The number of unbranched alkanes of at least 4 members (excludes halogenated alkanes) is 1.